The smallest absolute Gasteiger partial charge is 0.229 e. The van der Waals surface area contributed by atoms with E-state index in [9.17, 15) is 20.3 Å². The number of nitriles is 1. The molecule has 2 aromatic carbocycles. The number of carbonyl (C=O) groups is 1. The molecule has 5 nitrogen and oxygen atoms in total. The maximum atomic E-state index is 14.4. The molecule has 2 aromatic rings. The normalized spacial score (nSPS) is 24.3. The van der Waals surface area contributed by atoms with E-state index >= 15 is 0 Å². The van der Waals surface area contributed by atoms with Gasteiger partial charge in [0.15, 0.2) is 0 Å². The van der Waals surface area contributed by atoms with Gasteiger partial charge in [0, 0.05) is 27.4 Å². The first kappa shape index (κ1) is 28.5. The standard InChI is InChI=1S/C29H36Cl2N2O3/c1-5-23(14-28(2,3)18-32)33-26(19-9-11-21(30)12-10-19)25(20-7-6-8-22(31)13-20)16-29(4,27(33)36)15-24(35)17-34/h6-13,23-26,34-35H,5,14-17H2,1-4H3. The molecule has 0 spiro atoms. The second kappa shape index (κ2) is 11.5. The third-order valence-electron chi connectivity index (χ3n) is 7.40. The zero-order valence-electron chi connectivity index (χ0n) is 21.4. The van der Waals surface area contributed by atoms with E-state index in [1.165, 1.54) is 0 Å². The fraction of sp³-hybridized carbons (Fsp3) is 0.517. The molecule has 5 atom stereocenters. The highest BCUT2D eigenvalue weighted by Gasteiger charge is 2.52. The molecule has 1 aliphatic rings. The van der Waals surface area contributed by atoms with Crippen LogP contribution in [-0.2, 0) is 4.79 Å². The summed E-state index contributed by atoms with van der Waals surface area (Å²) in [7, 11) is 0. The summed E-state index contributed by atoms with van der Waals surface area (Å²) >= 11 is 12.6. The molecule has 1 aliphatic heterocycles. The van der Waals surface area contributed by atoms with Crippen molar-refractivity contribution in [1.29, 1.82) is 5.26 Å². The van der Waals surface area contributed by atoms with Crippen LogP contribution in [-0.4, -0.2) is 39.8 Å². The number of aliphatic hydroxyl groups excluding tert-OH is 2. The average Bonchev–Trinajstić information content (AvgIpc) is 2.84. The lowest BCUT2D eigenvalue weighted by atomic mass is 9.66. The molecule has 7 heteroatoms. The summed E-state index contributed by atoms with van der Waals surface area (Å²) in [5.41, 5.74) is 0.410. The number of hydrogen-bond acceptors (Lipinski definition) is 4. The van der Waals surface area contributed by atoms with Gasteiger partial charge in [-0.2, -0.15) is 5.26 Å². The molecule has 5 unspecified atom stereocenters. The number of halogens is 2. The second-order valence-corrected chi connectivity index (χ2v) is 11.8. The number of rotatable bonds is 9. The summed E-state index contributed by atoms with van der Waals surface area (Å²) in [5.74, 6) is -0.202. The highest BCUT2D eigenvalue weighted by molar-refractivity contribution is 6.30. The molecular formula is C29H36Cl2N2O3. The van der Waals surface area contributed by atoms with Gasteiger partial charge in [-0.15, -0.1) is 0 Å². The molecular weight excluding hydrogens is 495 g/mol. The number of piperidine rings is 1. The summed E-state index contributed by atoms with van der Waals surface area (Å²) in [6.07, 6.45) is 0.786. The predicted molar refractivity (Wildman–Crippen MR) is 144 cm³/mol. The molecule has 3 rings (SSSR count). The van der Waals surface area contributed by atoms with E-state index in [-0.39, 0.29) is 30.3 Å². The van der Waals surface area contributed by atoms with Crippen LogP contribution in [0.5, 0.6) is 0 Å². The van der Waals surface area contributed by atoms with Gasteiger partial charge < -0.3 is 15.1 Å². The highest BCUT2D eigenvalue weighted by atomic mass is 35.5. The molecule has 0 saturated carbocycles. The largest absolute Gasteiger partial charge is 0.394 e. The van der Waals surface area contributed by atoms with Crippen molar-refractivity contribution < 1.29 is 15.0 Å². The van der Waals surface area contributed by atoms with Gasteiger partial charge in [0.2, 0.25) is 5.91 Å². The van der Waals surface area contributed by atoms with Crippen molar-refractivity contribution in [3.63, 3.8) is 0 Å². The first-order valence-electron chi connectivity index (χ1n) is 12.5. The van der Waals surface area contributed by atoms with Gasteiger partial charge in [-0.05, 0) is 74.9 Å². The third kappa shape index (κ3) is 6.23. The number of amides is 1. The molecule has 0 bridgehead atoms. The minimum atomic E-state index is -1.01. The molecule has 0 radical (unpaired) electrons. The first-order valence-corrected chi connectivity index (χ1v) is 13.2. The zero-order chi connectivity index (χ0) is 26.7. The quantitative estimate of drug-likeness (QED) is 0.386. The van der Waals surface area contributed by atoms with Crippen molar-refractivity contribution >= 4 is 29.1 Å². The van der Waals surface area contributed by atoms with Crippen LogP contribution in [0.25, 0.3) is 0 Å². The molecule has 1 fully saturated rings. The number of hydrogen-bond donors (Lipinski definition) is 2. The monoisotopic (exact) mass is 530 g/mol. The van der Waals surface area contributed by atoms with E-state index in [1.807, 2.05) is 81.1 Å². The van der Waals surface area contributed by atoms with Crippen molar-refractivity contribution in [2.75, 3.05) is 6.61 Å². The van der Waals surface area contributed by atoms with Crippen LogP contribution in [0.15, 0.2) is 48.5 Å². The number of carbonyl (C=O) groups excluding carboxylic acids is 1. The van der Waals surface area contributed by atoms with Crippen LogP contribution in [0, 0.1) is 22.2 Å². The molecule has 1 amide bonds. The van der Waals surface area contributed by atoms with Gasteiger partial charge in [-0.25, -0.2) is 0 Å². The number of aliphatic hydroxyl groups is 2. The van der Waals surface area contributed by atoms with Crippen molar-refractivity contribution in [2.45, 2.75) is 77.5 Å². The third-order valence-corrected chi connectivity index (χ3v) is 7.89. The number of likely N-dealkylation sites (tertiary alicyclic amines) is 1. The Morgan fingerprint density at radius 1 is 1.17 bits per heavy atom. The van der Waals surface area contributed by atoms with Crippen molar-refractivity contribution in [3.8, 4) is 6.07 Å². The Balaban J connectivity index is 2.24. The highest BCUT2D eigenvalue weighted by Crippen LogP contribution is 2.53. The average molecular weight is 532 g/mol. The van der Waals surface area contributed by atoms with Gasteiger partial charge in [0.25, 0.3) is 0 Å². The maximum Gasteiger partial charge on any atom is 0.229 e. The van der Waals surface area contributed by atoms with Gasteiger partial charge >= 0.3 is 0 Å². The predicted octanol–water partition coefficient (Wildman–Crippen LogP) is 6.52. The van der Waals surface area contributed by atoms with Gasteiger partial charge in [-0.3, -0.25) is 4.79 Å². The van der Waals surface area contributed by atoms with E-state index in [0.717, 1.165) is 11.1 Å². The Labute approximate surface area is 224 Å². The van der Waals surface area contributed by atoms with Crippen LogP contribution in [0.3, 0.4) is 0 Å². The van der Waals surface area contributed by atoms with E-state index in [1.54, 1.807) is 0 Å². The lowest BCUT2D eigenvalue weighted by molar-refractivity contribution is -0.158. The minimum Gasteiger partial charge on any atom is -0.394 e. The van der Waals surface area contributed by atoms with Crippen molar-refractivity contribution in [2.24, 2.45) is 10.8 Å². The van der Waals surface area contributed by atoms with Crippen LogP contribution in [0.2, 0.25) is 10.0 Å². The molecule has 194 valence electrons. The zero-order valence-corrected chi connectivity index (χ0v) is 22.9. The Kier molecular flexibility index (Phi) is 9.11. The van der Waals surface area contributed by atoms with Gasteiger partial charge in [0.05, 0.1) is 30.2 Å². The maximum absolute atomic E-state index is 14.4. The van der Waals surface area contributed by atoms with E-state index in [2.05, 4.69) is 6.07 Å². The summed E-state index contributed by atoms with van der Waals surface area (Å²) in [6.45, 7) is 7.28. The number of benzene rings is 2. The molecule has 0 aliphatic carbocycles. The minimum absolute atomic E-state index is 0.0752. The Morgan fingerprint density at radius 2 is 1.83 bits per heavy atom. The van der Waals surface area contributed by atoms with E-state index in [4.69, 9.17) is 23.2 Å². The molecule has 36 heavy (non-hydrogen) atoms. The Hall–Kier alpha value is -2.10. The lowest BCUT2D eigenvalue weighted by Crippen LogP contribution is -2.57. The van der Waals surface area contributed by atoms with E-state index < -0.39 is 23.5 Å². The molecule has 2 N–H and O–H groups in total. The van der Waals surface area contributed by atoms with Crippen LogP contribution in [0.1, 0.15) is 76.5 Å². The summed E-state index contributed by atoms with van der Waals surface area (Å²) in [6, 6.07) is 17.1. The first-order chi connectivity index (χ1) is 16.9. The van der Waals surface area contributed by atoms with Crippen LogP contribution >= 0.6 is 23.2 Å². The molecule has 1 heterocycles. The SMILES string of the molecule is CCC(CC(C)(C)C#N)N1C(=O)C(C)(CC(O)CO)CC(c2cccc(Cl)c2)C1c1ccc(Cl)cc1. The fourth-order valence-electron chi connectivity index (χ4n) is 5.63. The summed E-state index contributed by atoms with van der Waals surface area (Å²) < 4.78 is 0. The topological polar surface area (TPSA) is 84.6 Å². The van der Waals surface area contributed by atoms with Crippen LogP contribution in [0.4, 0.5) is 0 Å². The van der Waals surface area contributed by atoms with Gasteiger partial charge in [-0.1, -0.05) is 61.3 Å². The summed E-state index contributed by atoms with van der Waals surface area (Å²) in [5, 5.41) is 31.0. The Bertz CT molecular complexity index is 1100. The van der Waals surface area contributed by atoms with Crippen molar-refractivity contribution in [1.82, 2.24) is 4.90 Å². The lowest BCUT2D eigenvalue weighted by Gasteiger charge is -2.53. The summed E-state index contributed by atoms with van der Waals surface area (Å²) in [4.78, 5) is 16.3. The van der Waals surface area contributed by atoms with Crippen molar-refractivity contribution in [3.05, 3.63) is 69.7 Å². The second-order valence-electron chi connectivity index (χ2n) is 10.9. The fourth-order valence-corrected chi connectivity index (χ4v) is 5.95. The van der Waals surface area contributed by atoms with Gasteiger partial charge in [0.1, 0.15) is 0 Å². The molecule has 1 saturated heterocycles. The van der Waals surface area contributed by atoms with E-state index in [0.29, 0.717) is 29.3 Å². The number of nitrogens with zero attached hydrogens (tertiary/aromatic N) is 2. The van der Waals surface area contributed by atoms with Crippen LogP contribution < -0.4 is 0 Å². The Morgan fingerprint density at radius 3 is 2.39 bits per heavy atom. The molecule has 0 aromatic heterocycles.